The van der Waals surface area contributed by atoms with E-state index in [1.807, 2.05) is 0 Å². The van der Waals surface area contributed by atoms with Crippen LogP contribution in [0.3, 0.4) is 0 Å². The summed E-state index contributed by atoms with van der Waals surface area (Å²) in [5, 5.41) is 11.4. The Morgan fingerprint density at radius 3 is 2.29 bits per heavy atom. The van der Waals surface area contributed by atoms with E-state index in [2.05, 4.69) is 54.7 Å². The van der Waals surface area contributed by atoms with E-state index in [-0.39, 0.29) is 10.8 Å². The van der Waals surface area contributed by atoms with Gasteiger partial charge in [-0.1, -0.05) is 44.2 Å². The monoisotopic (exact) mass is 214 g/mol. The molecule has 4 nitrogen and oxygen atoms in total. The zero-order chi connectivity index (χ0) is 10.8. The third kappa shape index (κ3) is 2.64. The smallest absolute Gasteiger partial charge is 0.225 e. The maximum absolute atomic E-state index is 3.85. The topological polar surface area (TPSA) is 50.7 Å². The third-order valence-electron chi connectivity index (χ3n) is 3.01. The Balaban J connectivity index is 2.53. The average molecular weight is 214 g/mol. The number of nitrogens with zero attached hydrogens (tertiary/aromatic N) is 3. The van der Waals surface area contributed by atoms with Gasteiger partial charge >= 0.3 is 0 Å². The number of hydrogen-bond donors (Lipinski definition) is 1. The van der Waals surface area contributed by atoms with Crippen LogP contribution >= 0.6 is 11.5 Å². The second kappa shape index (κ2) is 3.81. The van der Waals surface area contributed by atoms with E-state index in [4.69, 9.17) is 0 Å². The van der Waals surface area contributed by atoms with Crippen molar-refractivity contribution in [2.24, 2.45) is 10.8 Å². The van der Waals surface area contributed by atoms with E-state index in [1.54, 1.807) is 0 Å². The zero-order valence-corrected chi connectivity index (χ0v) is 10.3. The lowest BCUT2D eigenvalue weighted by Gasteiger charge is -2.38. The van der Waals surface area contributed by atoms with Crippen LogP contribution in [0.25, 0.3) is 0 Å². The van der Waals surface area contributed by atoms with Gasteiger partial charge in [0.15, 0.2) is 0 Å². The third-order valence-corrected chi connectivity index (χ3v) is 3.56. The van der Waals surface area contributed by atoms with Gasteiger partial charge in [-0.25, -0.2) is 0 Å². The van der Waals surface area contributed by atoms with Crippen molar-refractivity contribution in [1.82, 2.24) is 14.8 Å². The molecule has 0 aliphatic rings. The lowest BCUT2D eigenvalue weighted by Crippen LogP contribution is -2.36. The van der Waals surface area contributed by atoms with Crippen molar-refractivity contribution >= 4 is 16.7 Å². The van der Waals surface area contributed by atoms with E-state index < -0.39 is 0 Å². The first-order chi connectivity index (χ1) is 6.33. The molecule has 5 heteroatoms. The molecule has 0 fully saturated rings. The fourth-order valence-electron chi connectivity index (χ4n) is 0.763. The van der Waals surface area contributed by atoms with Gasteiger partial charge in [0, 0.05) is 18.1 Å². The van der Waals surface area contributed by atoms with Gasteiger partial charge in [0.1, 0.15) is 0 Å². The lowest BCUT2D eigenvalue weighted by molar-refractivity contribution is 0.148. The number of anilines is 1. The lowest BCUT2D eigenvalue weighted by atomic mass is 9.69. The van der Waals surface area contributed by atoms with Gasteiger partial charge < -0.3 is 5.32 Å². The summed E-state index contributed by atoms with van der Waals surface area (Å²) in [7, 11) is 0. The minimum atomic E-state index is 0.207. The first kappa shape index (κ1) is 11.4. The van der Waals surface area contributed by atoms with Crippen molar-refractivity contribution in [3.05, 3.63) is 0 Å². The van der Waals surface area contributed by atoms with Gasteiger partial charge in [-0.05, 0) is 16.0 Å². The summed E-state index contributed by atoms with van der Waals surface area (Å²) in [6, 6.07) is 0. The molecule has 0 aliphatic heterocycles. The highest BCUT2D eigenvalue weighted by atomic mass is 32.1. The Labute approximate surface area is 89.3 Å². The van der Waals surface area contributed by atoms with Crippen molar-refractivity contribution in [3.63, 3.8) is 0 Å². The molecule has 0 unspecified atom stereocenters. The van der Waals surface area contributed by atoms with Gasteiger partial charge in [-0.2, -0.15) is 0 Å². The van der Waals surface area contributed by atoms with Crippen LogP contribution < -0.4 is 5.32 Å². The second-order valence-corrected chi connectivity index (χ2v) is 5.89. The molecule has 0 bridgehead atoms. The predicted octanol–water partition coefficient (Wildman–Crippen LogP) is 2.42. The van der Waals surface area contributed by atoms with Crippen molar-refractivity contribution in [2.45, 2.75) is 34.6 Å². The molecule has 14 heavy (non-hydrogen) atoms. The minimum absolute atomic E-state index is 0.207. The summed E-state index contributed by atoms with van der Waals surface area (Å²) in [6.45, 7) is 12.1. The molecule has 0 amide bonds. The Hall–Kier alpha value is -0.710. The molecule has 80 valence electrons. The minimum Gasteiger partial charge on any atom is -0.358 e. The van der Waals surface area contributed by atoms with Crippen LogP contribution in [0.15, 0.2) is 0 Å². The van der Waals surface area contributed by atoms with Crippen LogP contribution in [0.1, 0.15) is 34.6 Å². The highest BCUT2D eigenvalue weighted by Crippen LogP contribution is 2.37. The maximum Gasteiger partial charge on any atom is 0.225 e. The average Bonchev–Trinajstić information content (AvgIpc) is 2.50. The SMILES string of the molecule is CC(C)(C)C(C)(C)CNc1nnns1. The Kier molecular flexibility index (Phi) is 3.09. The highest BCUT2D eigenvalue weighted by molar-refractivity contribution is 7.09. The van der Waals surface area contributed by atoms with Gasteiger partial charge in [-0.3, -0.25) is 0 Å². The fraction of sp³-hybridized carbons (Fsp3) is 0.889. The summed E-state index contributed by atoms with van der Waals surface area (Å²) in [6.07, 6.45) is 0. The molecule has 0 radical (unpaired) electrons. The molecular formula is C9H18N4S. The largest absolute Gasteiger partial charge is 0.358 e. The molecule has 0 aromatic carbocycles. The molecule has 1 N–H and O–H groups in total. The van der Waals surface area contributed by atoms with Gasteiger partial charge in [-0.15, -0.1) is 0 Å². The van der Waals surface area contributed by atoms with Crippen LogP contribution in [0.2, 0.25) is 0 Å². The van der Waals surface area contributed by atoms with E-state index in [9.17, 15) is 0 Å². The molecule has 0 saturated heterocycles. The molecule has 0 saturated carbocycles. The number of nitrogens with one attached hydrogen (secondary N) is 1. The predicted molar refractivity (Wildman–Crippen MR) is 59.4 cm³/mol. The Morgan fingerprint density at radius 1 is 1.21 bits per heavy atom. The standard InChI is InChI=1S/C9H18N4S/c1-8(2,3)9(4,5)6-10-7-11-12-13-14-7/h6H2,1-5H3,(H,10,11,13). The van der Waals surface area contributed by atoms with Gasteiger partial charge in [0.25, 0.3) is 0 Å². The molecule has 1 heterocycles. The van der Waals surface area contributed by atoms with Gasteiger partial charge in [0.2, 0.25) is 5.13 Å². The molecular weight excluding hydrogens is 196 g/mol. The summed E-state index contributed by atoms with van der Waals surface area (Å²) >= 11 is 1.29. The van der Waals surface area contributed by atoms with Crippen LogP contribution in [0, 0.1) is 10.8 Å². The molecule has 0 aliphatic carbocycles. The number of rotatable bonds is 3. The normalized spacial score (nSPS) is 12.9. The van der Waals surface area contributed by atoms with E-state index in [0.29, 0.717) is 0 Å². The molecule has 0 atom stereocenters. The van der Waals surface area contributed by atoms with E-state index >= 15 is 0 Å². The molecule has 1 rings (SSSR count). The van der Waals surface area contributed by atoms with Crippen molar-refractivity contribution in [3.8, 4) is 0 Å². The van der Waals surface area contributed by atoms with Crippen LogP contribution in [-0.4, -0.2) is 21.3 Å². The molecule has 0 spiro atoms. The van der Waals surface area contributed by atoms with E-state index in [0.717, 1.165) is 11.7 Å². The van der Waals surface area contributed by atoms with Crippen molar-refractivity contribution in [2.75, 3.05) is 11.9 Å². The summed E-state index contributed by atoms with van der Waals surface area (Å²) in [5.41, 5.74) is 0.469. The quantitative estimate of drug-likeness (QED) is 0.839. The Morgan fingerprint density at radius 2 is 1.86 bits per heavy atom. The van der Waals surface area contributed by atoms with Gasteiger partial charge in [0.05, 0.1) is 0 Å². The molecule has 1 aromatic heterocycles. The Bertz CT molecular complexity index is 274. The zero-order valence-electron chi connectivity index (χ0n) is 9.46. The maximum atomic E-state index is 3.85. The highest BCUT2D eigenvalue weighted by Gasteiger charge is 2.32. The van der Waals surface area contributed by atoms with Crippen LogP contribution in [0.5, 0.6) is 0 Å². The number of aromatic nitrogens is 3. The second-order valence-electron chi connectivity index (χ2n) is 5.15. The first-order valence-electron chi connectivity index (χ1n) is 4.72. The van der Waals surface area contributed by atoms with Crippen molar-refractivity contribution in [1.29, 1.82) is 0 Å². The number of hydrogen-bond acceptors (Lipinski definition) is 5. The molecule has 1 aromatic rings. The summed E-state index contributed by atoms with van der Waals surface area (Å²) in [4.78, 5) is 0. The fourth-order valence-corrected chi connectivity index (χ4v) is 1.12. The summed E-state index contributed by atoms with van der Waals surface area (Å²) in [5.74, 6) is 0. The van der Waals surface area contributed by atoms with E-state index in [1.165, 1.54) is 11.5 Å². The first-order valence-corrected chi connectivity index (χ1v) is 5.49. The van der Waals surface area contributed by atoms with Crippen LogP contribution in [0.4, 0.5) is 5.13 Å². The summed E-state index contributed by atoms with van der Waals surface area (Å²) < 4.78 is 3.70. The van der Waals surface area contributed by atoms with Crippen LogP contribution in [-0.2, 0) is 0 Å². The van der Waals surface area contributed by atoms with Crippen molar-refractivity contribution < 1.29 is 0 Å².